The molecule has 1 amide bonds. The first-order chi connectivity index (χ1) is 8.13. The summed E-state index contributed by atoms with van der Waals surface area (Å²) in [7, 11) is 0. The first-order valence-corrected chi connectivity index (χ1v) is 6.02. The van der Waals surface area contributed by atoms with Gasteiger partial charge in [0.1, 0.15) is 0 Å². The number of hydrogen-bond acceptors (Lipinski definition) is 3. The van der Waals surface area contributed by atoms with Crippen LogP contribution >= 0.6 is 11.3 Å². The summed E-state index contributed by atoms with van der Waals surface area (Å²) in [5.41, 5.74) is 0.915. The number of H-pyrrole nitrogens is 1. The molecule has 0 radical (unpaired) electrons. The van der Waals surface area contributed by atoms with Gasteiger partial charge in [-0.15, -0.1) is 11.3 Å². The summed E-state index contributed by atoms with van der Waals surface area (Å²) in [6.45, 7) is 3.92. The summed E-state index contributed by atoms with van der Waals surface area (Å²) >= 11 is 1.65. The SMILES string of the molecule is Cc1cc(NC(=O)C=Cc2ccc(C)s2)n[nH]1. The largest absolute Gasteiger partial charge is 0.306 e. The van der Waals surface area contributed by atoms with Crippen LogP contribution in [0.1, 0.15) is 15.4 Å². The zero-order valence-electron chi connectivity index (χ0n) is 9.65. The molecule has 0 fully saturated rings. The van der Waals surface area contributed by atoms with E-state index in [4.69, 9.17) is 0 Å². The van der Waals surface area contributed by atoms with E-state index >= 15 is 0 Å². The maximum absolute atomic E-state index is 11.6. The number of rotatable bonds is 3. The predicted molar refractivity (Wildman–Crippen MR) is 70.0 cm³/mol. The lowest BCUT2D eigenvalue weighted by molar-refractivity contribution is -0.111. The van der Waals surface area contributed by atoms with Crippen molar-refractivity contribution in [3.05, 3.63) is 39.7 Å². The van der Waals surface area contributed by atoms with Crippen molar-refractivity contribution in [3.63, 3.8) is 0 Å². The highest BCUT2D eigenvalue weighted by molar-refractivity contribution is 7.12. The van der Waals surface area contributed by atoms with Gasteiger partial charge in [0.15, 0.2) is 5.82 Å². The Balaban J connectivity index is 1.95. The second kappa shape index (κ2) is 4.97. The Morgan fingerprint density at radius 2 is 2.29 bits per heavy atom. The first kappa shape index (κ1) is 11.6. The molecule has 0 aromatic carbocycles. The molecule has 0 saturated carbocycles. The van der Waals surface area contributed by atoms with Crippen molar-refractivity contribution in [1.29, 1.82) is 0 Å². The third-order valence-corrected chi connectivity index (χ3v) is 3.08. The lowest BCUT2D eigenvalue weighted by atomic mass is 10.4. The number of amides is 1. The molecule has 0 aliphatic heterocycles. The quantitative estimate of drug-likeness (QED) is 0.819. The van der Waals surface area contributed by atoms with E-state index in [0.717, 1.165) is 10.6 Å². The van der Waals surface area contributed by atoms with E-state index in [2.05, 4.69) is 15.5 Å². The van der Waals surface area contributed by atoms with Crippen LogP contribution < -0.4 is 5.32 Å². The number of aryl methyl sites for hydroxylation is 2. The molecule has 4 nitrogen and oxygen atoms in total. The smallest absolute Gasteiger partial charge is 0.249 e. The summed E-state index contributed by atoms with van der Waals surface area (Å²) in [5, 5.41) is 9.37. The van der Waals surface area contributed by atoms with Gasteiger partial charge in [-0.2, -0.15) is 5.10 Å². The van der Waals surface area contributed by atoms with Crippen molar-refractivity contribution < 1.29 is 4.79 Å². The molecule has 17 heavy (non-hydrogen) atoms. The molecule has 2 rings (SSSR count). The molecule has 2 heterocycles. The van der Waals surface area contributed by atoms with E-state index in [9.17, 15) is 4.79 Å². The van der Waals surface area contributed by atoms with Crippen LogP contribution in [-0.4, -0.2) is 16.1 Å². The van der Waals surface area contributed by atoms with E-state index in [1.807, 2.05) is 26.0 Å². The van der Waals surface area contributed by atoms with Gasteiger partial charge in [0, 0.05) is 27.6 Å². The van der Waals surface area contributed by atoms with Gasteiger partial charge < -0.3 is 5.32 Å². The summed E-state index contributed by atoms with van der Waals surface area (Å²) in [6.07, 6.45) is 3.31. The average Bonchev–Trinajstić information content (AvgIpc) is 2.85. The van der Waals surface area contributed by atoms with Crippen LogP contribution in [0.3, 0.4) is 0 Å². The second-order valence-electron chi connectivity index (χ2n) is 3.71. The van der Waals surface area contributed by atoms with Gasteiger partial charge in [0.2, 0.25) is 5.91 Å². The maximum Gasteiger partial charge on any atom is 0.249 e. The molecule has 88 valence electrons. The molecule has 2 aromatic heterocycles. The van der Waals surface area contributed by atoms with Crippen molar-refractivity contribution >= 4 is 29.1 Å². The number of aromatic amines is 1. The van der Waals surface area contributed by atoms with Crippen LogP contribution in [0.15, 0.2) is 24.3 Å². The van der Waals surface area contributed by atoms with Crippen LogP contribution in [0.5, 0.6) is 0 Å². The first-order valence-electron chi connectivity index (χ1n) is 5.21. The molecule has 0 atom stereocenters. The van der Waals surface area contributed by atoms with E-state index in [-0.39, 0.29) is 5.91 Å². The minimum absolute atomic E-state index is 0.178. The molecule has 2 aromatic rings. The minimum Gasteiger partial charge on any atom is -0.306 e. The Labute approximate surface area is 103 Å². The average molecular weight is 247 g/mol. The fourth-order valence-corrected chi connectivity index (χ4v) is 2.13. The van der Waals surface area contributed by atoms with Gasteiger partial charge >= 0.3 is 0 Å². The fourth-order valence-electron chi connectivity index (χ4n) is 1.35. The van der Waals surface area contributed by atoms with E-state index in [1.54, 1.807) is 23.5 Å². The number of carbonyl (C=O) groups is 1. The van der Waals surface area contributed by atoms with Gasteiger partial charge in [0.25, 0.3) is 0 Å². The van der Waals surface area contributed by atoms with E-state index in [0.29, 0.717) is 5.82 Å². The topological polar surface area (TPSA) is 57.8 Å². The normalized spacial score (nSPS) is 10.9. The number of thiophene rings is 1. The lowest BCUT2D eigenvalue weighted by Gasteiger charge is -1.94. The molecule has 0 spiro atoms. The Kier molecular flexibility index (Phi) is 3.39. The van der Waals surface area contributed by atoms with Crippen LogP contribution in [0.2, 0.25) is 0 Å². The monoisotopic (exact) mass is 247 g/mol. The van der Waals surface area contributed by atoms with Crippen molar-refractivity contribution in [3.8, 4) is 0 Å². The standard InChI is InChI=1S/C12H13N3OS/c1-8-7-11(15-14-8)13-12(16)6-5-10-4-3-9(2)17-10/h3-7H,1-2H3,(H2,13,14,15,16). The third kappa shape index (κ3) is 3.29. The summed E-state index contributed by atoms with van der Waals surface area (Å²) in [4.78, 5) is 13.8. The molecule has 0 aliphatic carbocycles. The van der Waals surface area contributed by atoms with Crippen LogP contribution in [0.25, 0.3) is 6.08 Å². The number of carbonyl (C=O) groups excluding carboxylic acids is 1. The lowest BCUT2D eigenvalue weighted by Crippen LogP contribution is -2.07. The molecule has 0 saturated heterocycles. The number of anilines is 1. The Bertz CT molecular complexity index is 554. The predicted octanol–water partition coefficient (Wildman–Crippen LogP) is 2.74. The molecular weight excluding hydrogens is 234 g/mol. The van der Waals surface area contributed by atoms with Gasteiger partial charge in [-0.05, 0) is 32.1 Å². The zero-order chi connectivity index (χ0) is 12.3. The Morgan fingerprint density at radius 3 is 2.88 bits per heavy atom. The number of hydrogen-bond donors (Lipinski definition) is 2. The highest BCUT2D eigenvalue weighted by Gasteiger charge is 2.01. The second-order valence-corrected chi connectivity index (χ2v) is 5.03. The van der Waals surface area contributed by atoms with Crippen LogP contribution in [0.4, 0.5) is 5.82 Å². The van der Waals surface area contributed by atoms with Crippen LogP contribution in [0, 0.1) is 13.8 Å². The van der Waals surface area contributed by atoms with Gasteiger partial charge in [-0.25, -0.2) is 0 Å². The molecule has 5 heteroatoms. The highest BCUT2D eigenvalue weighted by atomic mass is 32.1. The summed E-state index contributed by atoms with van der Waals surface area (Å²) in [5.74, 6) is 0.363. The zero-order valence-corrected chi connectivity index (χ0v) is 10.5. The van der Waals surface area contributed by atoms with Gasteiger partial charge in [-0.3, -0.25) is 9.89 Å². The number of nitrogens with one attached hydrogen (secondary N) is 2. The molecular formula is C12H13N3OS. The van der Waals surface area contributed by atoms with Crippen molar-refractivity contribution in [2.45, 2.75) is 13.8 Å². The summed E-state index contributed by atoms with van der Waals surface area (Å²) in [6, 6.07) is 5.79. The molecule has 0 aliphatic rings. The fraction of sp³-hybridized carbons (Fsp3) is 0.167. The Hall–Kier alpha value is -1.88. The van der Waals surface area contributed by atoms with E-state index < -0.39 is 0 Å². The minimum atomic E-state index is -0.178. The maximum atomic E-state index is 11.6. The van der Waals surface area contributed by atoms with E-state index in [1.165, 1.54) is 11.0 Å². The van der Waals surface area contributed by atoms with Gasteiger partial charge in [0.05, 0.1) is 0 Å². The van der Waals surface area contributed by atoms with Gasteiger partial charge in [-0.1, -0.05) is 0 Å². The Morgan fingerprint density at radius 1 is 1.47 bits per heavy atom. The highest BCUT2D eigenvalue weighted by Crippen LogP contribution is 2.16. The molecule has 0 unspecified atom stereocenters. The summed E-state index contributed by atoms with van der Waals surface area (Å²) < 4.78 is 0. The number of aromatic nitrogens is 2. The van der Waals surface area contributed by atoms with Crippen LogP contribution in [-0.2, 0) is 4.79 Å². The molecule has 2 N–H and O–H groups in total. The molecule has 0 bridgehead atoms. The third-order valence-electron chi connectivity index (χ3n) is 2.12. The van der Waals surface area contributed by atoms with Crippen molar-refractivity contribution in [1.82, 2.24) is 10.2 Å². The number of nitrogens with zero attached hydrogens (tertiary/aromatic N) is 1. The van der Waals surface area contributed by atoms with Crippen molar-refractivity contribution in [2.24, 2.45) is 0 Å². The van der Waals surface area contributed by atoms with Crippen molar-refractivity contribution in [2.75, 3.05) is 5.32 Å².